The van der Waals surface area contributed by atoms with Gasteiger partial charge in [-0.05, 0) is 65.8 Å². The minimum absolute atomic E-state index is 0.146. The largest absolute Gasteiger partial charge is 0.494 e. The summed E-state index contributed by atoms with van der Waals surface area (Å²) in [6, 6.07) is 11.1. The van der Waals surface area contributed by atoms with E-state index in [0.29, 0.717) is 37.0 Å². The van der Waals surface area contributed by atoms with E-state index in [0.717, 1.165) is 22.0 Å². The Morgan fingerprint density at radius 3 is 2.60 bits per heavy atom. The zero-order valence-corrected chi connectivity index (χ0v) is 18.9. The van der Waals surface area contributed by atoms with Crippen LogP contribution >= 0.6 is 11.8 Å². The molecule has 2 unspecified atom stereocenters. The van der Waals surface area contributed by atoms with Crippen LogP contribution in [0.2, 0.25) is 0 Å². The van der Waals surface area contributed by atoms with Crippen LogP contribution in [0.1, 0.15) is 27.2 Å². The second kappa shape index (κ2) is 8.56. The number of sulfonamides is 1. The third kappa shape index (κ3) is 4.19. The number of rotatable bonds is 6. The van der Waals surface area contributed by atoms with Crippen LogP contribution in [0.25, 0.3) is 11.0 Å². The van der Waals surface area contributed by atoms with Gasteiger partial charge in [0.2, 0.25) is 10.0 Å². The fourth-order valence-corrected chi connectivity index (χ4v) is 6.71. The molecule has 3 aromatic rings. The van der Waals surface area contributed by atoms with Gasteiger partial charge < -0.3 is 4.74 Å². The molecule has 9 heteroatoms. The first-order valence-corrected chi connectivity index (χ1v) is 12.3. The van der Waals surface area contributed by atoms with Crippen molar-refractivity contribution in [2.45, 2.75) is 41.9 Å². The molecule has 0 N–H and O–H groups in total. The highest BCUT2D eigenvalue weighted by atomic mass is 32.2. The number of aromatic nitrogens is 2. The number of benzene rings is 2. The third-order valence-corrected chi connectivity index (χ3v) is 8.04. The van der Waals surface area contributed by atoms with Crippen LogP contribution in [-0.2, 0) is 10.0 Å². The summed E-state index contributed by atoms with van der Waals surface area (Å²) in [5, 5.41) is 7.94. The van der Waals surface area contributed by atoms with Crippen LogP contribution in [0.5, 0.6) is 5.75 Å². The first kappa shape index (κ1) is 21.1. The quantitative estimate of drug-likeness (QED) is 0.552. The molecule has 1 fully saturated rings. The van der Waals surface area contributed by atoms with Gasteiger partial charge in [-0.3, -0.25) is 0 Å². The van der Waals surface area contributed by atoms with Crippen LogP contribution in [0, 0.1) is 11.8 Å². The minimum atomic E-state index is -3.69. The van der Waals surface area contributed by atoms with Crippen molar-refractivity contribution in [3.05, 3.63) is 36.4 Å². The molecule has 0 aliphatic carbocycles. The smallest absolute Gasteiger partial charge is 0.245 e. The van der Waals surface area contributed by atoms with Crippen molar-refractivity contribution >= 4 is 32.8 Å². The Balaban J connectivity index is 1.68. The number of ether oxygens (including phenoxy) is 1. The Kier molecular flexibility index (Phi) is 6.04. The van der Waals surface area contributed by atoms with Crippen molar-refractivity contribution in [3.8, 4) is 5.75 Å². The molecule has 7 nitrogen and oxygen atoms in total. The highest BCUT2D eigenvalue weighted by molar-refractivity contribution is 7.99. The molecule has 1 aliphatic heterocycles. The second-order valence-electron chi connectivity index (χ2n) is 7.80. The van der Waals surface area contributed by atoms with E-state index in [-0.39, 0.29) is 10.4 Å². The minimum Gasteiger partial charge on any atom is -0.494 e. The third-order valence-electron chi connectivity index (χ3n) is 5.14. The Bertz CT molecular complexity index is 1140. The second-order valence-corrected chi connectivity index (χ2v) is 10.8. The fourth-order valence-electron chi connectivity index (χ4n) is 3.97. The van der Waals surface area contributed by atoms with Crippen LogP contribution in [-0.4, -0.2) is 42.7 Å². The number of fused-ring (bicyclic) bond motifs is 1. The first-order valence-electron chi connectivity index (χ1n) is 10.0. The first-order chi connectivity index (χ1) is 14.4. The molecule has 0 spiro atoms. The molecule has 30 heavy (non-hydrogen) atoms. The molecule has 0 amide bonds. The van der Waals surface area contributed by atoms with Crippen molar-refractivity contribution in [3.63, 3.8) is 0 Å². The van der Waals surface area contributed by atoms with Gasteiger partial charge in [-0.1, -0.05) is 31.7 Å². The van der Waals surface area contributed by atoms with E-state index in [1.54, 1.807) is 16.4 Å². The number of nitrogens with zero attached hydrogens (tertiary/aromatic N) is 3. The summed E-state index contributed by atoms with van der Waals surface area (Å²) in [6.07, 6.45) is 1.03. The normalized spacial score (nSPS) is 20.5. The average Bonchev–Trinajstić information content (AvgIpc) is 3.18. The van der Waals surface area contributed by atoms with Crippen molar-refractivity contribution < 1.29 is 17.8 Å². The van der Waals surface area contributed by atoms with Gasteiger partial charge in [-0.2, -0.15) is 4.31 Å². The summed E-state index contributed by atoms with van der Waals surface area (Å²) in [4.78, 5) is 1.88. The Labute approximate surface area is 180 Å². The maximum Gasteiger partial charge on any atom is 0.245 e. The summed E-state index contributed by atoms with van der Waals surface area (Å²) in [5.74, 6) is 1.42. The molecule has 2 atom stereocenters. The molecular weight excluding hydrogens is 422 g/mol. The van der Waals surface area contributed by atoms with Gasteiger partial charge in [0, 0.05) is 22.9 Å². The van der Waals surface area contributed by atoms with E-state index >= 15 is 0 Å². The van der Waals surface area contributed by atoms with E-state index in [1.807, 2.05) is 31.2 Å². The molecule has 0 radical (unpaired) electrons. The molecular formula is C21H25N3O4S2. The molecule has 1 aliphatic rings. The molecule has 0 saturated carbocycles. The predicted octanol–water partition coefficient (Wildman–Crippen LogP) is 4.44. The van der Waals surface area contributed by atoms with Gasteiger partial charge in [0.25, 0.3) is 0 Å². The molecule has 1 saturated heterocycles. The van der Waals surface area contributed by atoms with Crippen molar-refractivity contribution in [1.29, 1.82) is 0 Å². The fraction of sp³-hybridized carbons (Fsp3) is 0.429. The number of hydrogen-bond acceptors (Lipinski definition) is 7. The van der Waals surface area contributed by atoms with Gasteiger partial charge in [0.05, 0.1) is 6.61 Å². The van der Waals surface area contributed by atoms with Crippen LogP contribution in [0.4, 0.5) is 0 Å². The van der Waals surface area contributed by atoms with Crippen LogP contribution < -0.4 is 4.74 Å². The van der Waals surface area contributed by atoms with Gasteiger partial charge in [-0.15, -0.1) is 0 Å². The Morgan fingerprint density at radius 2 is 1.87 bits per heavy atom. The van der Waals surface area contributed by atoms with Gasteiger partial charge >= 0.3 is 0 Å². The zero-order valence-electron chi connectivity index (χ0n) is 17.2. The van der Waals surface area contributed by atoms with E-state index in [9.17, 15) is 8.42 Å². The standard InChI is InChI=1S/C21H25N3O4S2/c1-4-27-16-6-5-7-17(11-16)29-18-8-9-19(21-20(18)22-28-23-21)30(25,26)24-12-14(2)10-15(3)13-24/h5-9,11,14-15H,4,10,12-13H2,1-3H3. The SMILES string of the molecule is CCOc1cccc(Sc2ccc(S(=O)(=O)N3CC(C)CC(C)C3)c3nonc23)c1. The topological polar surface area (TPSA) is 85.5 Å². The highest BCUT2D eigenvalue weighted by Crippen LogP contribution is 2.37. The van der Waals surface area contributed by atoms with Crippen LogP contribution in [0.15, 0.2) is 55.7 Å². The van der Waals surface area contributed by atoms with Crippen molar-refractivity contribution in [1.82, 2.24) is 14.6 Å². The van der Waals surface area contributed by atoms with Crippen LogP contribution in [0.3, 0.4) is 0 Å². The summed E-state index contributed by atoms with van der Waals surface area (Å²) in [5.41, 5.74) is 0.716. The van der Waals surface area contributed by atoms with E-state index in [1.165, 1.54) is 11.8 Å². The molecule has 2 heterocycles. The van der Waals surface area contributed by atoms with Crippen molar-refractivity contribution in [2.75, 3.05) is 19.7 Å². The molecule has 0 bridgehead atoms. The number of piperidine rings is 1. The summed E-state index contributed by atoms with van der Waals surface area (Å²) in [6.45, 7) is 7.72. The van der Waals surface area contributed by atoms with E-state index < -0.39 is 10.0 Å². The maximum atomic E-state index is 13.4. The Morgan fingerprint density at radius 1 is 1.13 bits per heavy atom. The monoisotopic (exact) mass is 447 g/mol. The van der Waals surface area contributed by atoms with E-state index in [4.69, 9.17) is 9.37 Å². The predicted molar refractivity (Wildman–Crippen MR) is 115 cm³/mol. The van der Waals surface area contributed by atoms with E-state index in [2.05, 4.69) is 24.2 Å². The van der Waals surface area contributed by atoms with Gasteiger partial charge in [-0.25, -0.2) is 13.0 Å². The zero-order chi connectivity index (χ0) is 21.3. The lowest BCUT2D eigenvalue weighted by molar-refractivity contribution is 0.222. The lowest BCUT2D eigenvalue weighted by Gasteiger charge is -2.34. The highest BCUT2D eigenvalue weighted by Gasteiger charge is 2.34. The number of hydrogen-bond donors (Lipinski definition) is 0. The molecule has 1 aromatic heterocycles. The molecule has 4 rings (SSSR count). The summed E-state index contributed by atoms with van der Waals surface area (Å²) >= 11 is 1.47. The molecule has 2 aromatic carbocycles. The maximum absolute atomic E-state index is 13.4. The average molecular weight is 448 g/mol. The van der Waals surface area contributed by atoms with Gasteiger partial charge in [0.15, 0.2) is 11.0 Å². The Hall–Kier alpha value is -2.10. The van der Waals surface area contributed by atoms with Gasteiger partial charge in [0.1, 0.15) is 10.6 Å². The molecule has 160 valence electrons. The lowest BCUT2D eigenvalue weighted by Crippen LogP contribution is -2.42. The lowest BCUT2D eigenvalue weighted by atomic mass is 9.94. The summed E-state index contributed by atoms with van der Waals surface area (Å²) in [7, 11) is -3.69. The van der Waals surface area contributed by atoms with Crippen molar-refractivity contribution in [2.24, 2.45) is 11.8 Å². The summed E-state index contributed by atoms with van der Waals surface area (Å²) < 4.78 is 38.8.